The molecule has 2 aromatic heterocycles. The summed E-state index contributed by atoms with van der Waals surface area (Å²) in [5, 5.41) is 0.815. The number of H-pyrrole nitrogens is 2. The van der Waals surface area contributed by atoms with Gasteiger partial charge in [0.25, 0.3) is 5.56 Å². The normalized spacial score (nSPS) is 17.1. The van der Waals surface area contributed by atoms with E-state index >= 15 is 0 Å². The molecule has 0 radical (unpaired) electrons. The van der Waals surface area contributed by atoms with Crippen molar-refractivity contribution in [2.24, 2.45) is 0 Å². The standard InChI is InChI=1S/C22H24N6O/c1-27(2)14-9-10-28(12-14)13-7-8-17-18(11-13)25-21(24-17)19-20(23)15-5-3-4-6-16(15)26-22(19)29/h3-8,11,14H,9-10,12H2,1-2H3,(H,24,25)(H3,23,26,29)/t14-/m1/s1. The summed E-state index contributed by atoms with van der Waals surface area (Å²) in [6.45, 7) is 2.04. The van der Waals surface area contributed by atoms with Gasteiger partial charge in [-0.05, 0) is 44.8 Å². The summed E-state index contributed by atoms with van der Waals surface area (Å²) in [6, 6.07) is 14.3. The molecular weight excluding hydrogens is 364 g/mol. The van der Waals surface area contributed by atoms with Gasteiger partial charge in [0.2, 0.25) is 0 Å². The van der Waals surface area contributed by atoms with Crippen LogP contribution in [0.1, 0.15) is 6.42 Å². The fraction of sp³-hybridized carbons (Fsp3) is 0.273. The van der Waals surface area contributed by atoms with Crippen molar-refractivity contribution in [3.63, 3.8) is 0 Å². The Morgan fingerprint density at radius 2 is 1.97 bits per heavy atom. The van der Waals surface area contributed by atoms with Crippen molar-refractivity contribution in [3.05, 3.63) is 52.8 Å². The van der Waals surface area contributed by atoms with Crippen molar-refractivity contribution < 1.29 is 0 Å². The predicted molar refractivity (Wildman–Crippen MR) is 118 cm³/mol. The van der Waals surface area contributed by atoms with Gasteiger partial charge in [0, 0.05) is 30.2 Å². The maximum absolute atomic E-state index is 12.7. The number of hydrogen-bond donors (Lipinski definition) is 3. The van der Waals surface area contributed by atoms with Crippen LogP contribution in [-0.4, -0.2) is 53.1 Å². The van der Waals surface area contributed by atoms with Gasteiger partial charge >= 0.3 is 0 Å². The number of anilines is 2. The van der Waals surface area contributed by atoms with Crippen molar-refractivity contribution in [2.45, 2.75) is 12.5 Å². The van der Waals surface area contributed by atoms with E-state index in [1.165, 1.54) is 0 Å². The quantitative estimate of drug-likeness (QED) is 0.502. The highest BCUT2D eigenvalue weighted by molar-refractivity contribution is 5.97. The monoisotopic (exact) mass is 388 g/mol. The second-order valence-corrected chi connectivity index (χ2v) is 7.93. The molecule has 29 heavy (non-hydrogen) atoms. The molecule has 1 fully saturated rings. The fourth-order valence-corrected chi connectivity index (χ4v) is 4.21. The molecule has 7 nitrogen and oxygen atoms in total. The van der Waals surface area contributed by atoms with E-state index < -0.39 is 0 Å². The Labute approximate surface area is 168 Å². The molecule has 3 heterocycles. The number of nitrogens with zero attached hydrogens (tertiary/aromatic N) is 3. The van der Waals surface area contributed by atoms with Crippen LogP contribution < -0.4 is 16.2 Å². The maximum atomic E-state index is 12.7. The van der Waals surface area contributed by atoms with E-state index in [1.807, 2.05) is 30.3 Å². The van der Waals surface area contributed by atoms with E-state index in [2.05, 4.69) is 46.0 Å². The molecule has 4 N–H and O–H groups in total. The van der Waals surface area contributed by atoms with E-state index in [0.717, 1.165) is 47.1 Å². The van der Waals surface area contributed by atoms with Crippen LogP contribution in [0.5, 0.6) is 0 Å². The van der Waals surface area contributed by atoms with Crippen LogP contribution in [0.15, 0.2) is 47.3 Å². The summed E-state index contributed by atoms with van der Waals surface area (Å²) in [5.41, 5.74) is 10.5. The first-order valence-electron chi connectivity index (χ1n) is 9.83. The molecule has 1 aliphatic heterocycles. The third-order valence-corrected chi connectivity index (χ3v) is 5.92. The van der Waals surface area contributed by atoms with Crippen molar-refractivity contribution in [1.82, 2.24) is 19.9 Å². The minimum absolute atomic E-state index is 0.242. The van der Waals surface area contributed by atoms with E-state index in [4.69, 9.17) is 10.7 Å². The Bertz CT molecular complexity index is 1270. The van der Waals surface area contributed by atoms with Gasteiger partial charge in [0.05, 0.1) is 22.2 Å². The summed E-state index contributed by atoms with van der Waals surface area (Å²) < 4.78 is 0. The Balaban J connectivity index is 1.56. The third-order valence-electron chi connectivity index (χ3n) is 5.92. The van der Waals surface area contributed by atoms with Crippen molar-refractivity contribution in [3.8, 4) is 11.4 Å². The number of hydrogen-bond acceptors (Lipinski definition) is 5. The lowest BCUT2D eigenvalue weighted by Gasteiger charge is -2.21. The predicted octanol–water partition coefficient (Wildman–Crippen LogP) is 2.79. The summed E-state index contributed by atoms with van der Waals surface area (Å²) >= 11 is 0. The lowest BCUT2D eigenvalue weighted by Crippen LogP contribution is -2.31. The number of fused-ring (bicyclic) bond motifs is 2. The molecule has 5 rings (SSSR count). The first-order chi connectivity index (χ1) is 14.0. The van der Waals surface area contributed by atoms with Crippen LogP contribution in [0.25, 0.3) is 33.3 Å². The van der Waals surface area contributed by atoms with Crippen molar-refractivity contribution >= 4 is 33.3 Å². The zero-order valence-electron chi connectivity index (χ0n) is 16.6. The van der Waals surface area contributed by atoms with Gasteiger partial charge in [0.1, 0.15) is 11.4 Å². The van der Waals surface area contributed by atoms with Gasteiger partial charge in [-0.15, -0.1) is 0 Å². The number of likely N-dealkylation sites (N-methyl/N-ethyl adjacent to an activating group) is 1. The van der Waals surface area contributed by atoms with Gasteiger partial charge < -0.3 is 25.5 Å². The van der Waals surface area contributed by atoms with Crippen LogP contribution in [-0.2, 0) is 0 Å². The largest absolute Gasteiger partial charge is 0.397 e. The van der Waals surface area contributed by atoms with Crippen LogP contribution in [0, 0.1) is 0 Å². The summed E-state index contributed by atoms with van der Waals surface area (Å²) in [7, 11) is 4.26. The molecule has 148 valence electrons. The molecule has 2 aromatic carbocycles. The van der Waals surface area contributed by atoms with Crippen LogP contribution in [0.4, 0.5) is 11.4 Å². The average Bonchev–Trinajstić information content (AvgIpc) is 3.34. The molecule has 0 aliphatic carbocycles. The number of pyridine rings is 1. The zero-order valence-corrected chi connectivity index (χ0v) is 16.6. The number of aromatic nitrogens is 3. The van der Waals surface area contributed by atoms with E-state index in [1.54, 1.807) is 0 Å². The first kappa shape index (κ1) is 17.8. The molecular formula is C22H24N6O. The highest BCUT2D eigenvalue weighted by atomic mass is 16.1. The smallest absolute Gasteiger partial charge is 0.261 e. The number of nitrogens with one attached hydrogen (secondary N) is 2. The van der Waals surface area contributed by atoms with Crippen LogP contribution in [0.3, 0.4) is 0 Å². The van der Waals surface area contributed by atoms with E-state index in [-0.39, 0.29) is 5.56 Å². The molecule has 0 saturated carbocycles. The van der Waals surface area contributed by atoms with Crippen LogP contribution in [0.2, 0.25) is 0 Å². The molecule has 0 amide bonds. The van der Waals surface area contributed by atoms with E-state index in [9.17, 15) is 4.79 Å². The number of aromatic amines is 2. The summed E-state index contributed by atoms with van der Waals surface area (Å²) in [6.07, 6.45) is 1.15. The highest BCUT2D eigenvalue weighted by Crippen LogP contribution is 2.30. The molecule has 1 aliphatic rings. The first-order valence-corrected chi connectivity index (χ1v) is 9.83. The minimum Gasteiger partial charge on any atom is -0.397 e. The van der Waals surface area contributed by atoms with Gasteiger partial charge in [-0.1, -0.05) is 18.2 Å². The summed E-state index contributed by atoms with van der Waals surface area (Å²) in [5.74, 6) is 0.495. The molecule has 0 spiro atoms. The number of imidazole rings is 1. The van der Waals surface area contributed by atoms with Crippen molar-refractivity contribution in [2.75, 3.05) is 37.8 Å². The molecule has 0 unspecified atom stereocenters. The molecule has 1 atom stereocenters. The lowest BCUT2D eigenvalue weighted by atomic mass is 10.1. The SMILES string of the molecule is CN(C)[C@@H]1CCN(c2ccc3[nH]c(-c4c(N)c5ccccc5[nH]c4=O)nc3c2)C1. The number of nitrogen functional groups attached to an aromatic ring is 1. The lowest BCUT2D eigenvalue weighted by molar-refractivity contribution is 0.315. The zero-order chi connectivity index (χ0) is 20.1. The molecule has 4 aromatic rings. The molecule has 1 saturated heterocycles. The number of rotatable bonds is 3. The fourth-order valence-electron chi connectivity index (χ4n) is 4.21. The Kier molecular flexibility index (Phi) is 4.06. The Morgan fingerprint density at radius 1 is 1.14 bits per heavy atom. The summed E-state index contributed by atoms with van der Waals surface area (Å²) in [4.78, 5) is 28.2. The Hall–Kier alpha value is -3.32. The number of benzene rings is 2. The second-order valence-electron chi connectivity index (χ2n) is 7.93. The number of nitrogens with two attached hydrogens (primary N) is 1. The minimum atomic E-state index is -0.242. The van der Waals surface area contributed by atoms with Gasteiger partial charge in [-0.3, -0.25) is 4.79 Å². The van der Waals surface area contributed by atoms with Crippen LogP contribution >= 0.6 is 0 Å². The highest BCUT2D eigenvalue weighted by Gasteiger charge is 2.24. The third kappa shape index (κ3) is 2.94. The Morgan fingerprint density at radius 3 is 2.76 bits per heavy atom. The second kappa shape index (κ2) is 6.63. The molecule has 7 heteroatoms. The maximum Gasteiger partial charge on any atom is 0.261 e. The van der Waals surface area contributed by atoms with E-state index in [0.29, 0.717) is 23.1 Å². The van der Waals surface area contributed by atoms with Crippen molar-refractivity contribution in [1.29, 1.82) is 0 Å². The van der Waals surface area contributed by atoms with Gasteiger partial charge in [-0.2, -0.15) is 0 Å². The molecule has 0 bridgehead atoms. The van der Waals surface area contributed by atoms with Gasteiger partial charge in [0.15, 0.2) is 0 Å². The van der Waals surface area contributed by atoms with Gasteiger partial charge in [-0.25, -0.2) is 4.98 Å². The number of para-hydroxylation sites is 1. The topological polar surface area (TPSA) is 94.0 Å². The average molecular weight is 388 g/mol.